The summed E-state index contributed by atoms with van der Waals surface area (Å²) in [6.45, 7) is 4.46. The van der Waals surface area contributed by atoms with Crippen LogP contribution in [-0.2, 0) is 6.61 Å². The molecule has 0 aliphatic heterocycles. The summed E-state index contributed by atoms with van der Waals surface area (Å²) in [5.41, 5.74) is 0.0946. The van der Waals surface area contributed by atoms with Gasteiger partial charge in [-0.05, 0) is 26.0 Å². The number of carbonyl (C=O) groups is 1. The van der Waals surface area contributed by atoms with Gasteiger partial charge in [-0.1, -0.05) is 6.07 Å². The number of aromatic carboxylic acids is 1. The van der Waals surface area contributed by atoms with Gasteiger partial charge in [-0.2, -0.15) is 0 Å². The van der Waals surface area contributed by atoms with Crippen LogP contribution in [0.1, 0.15) is 27.2 Å². The molecular weight excluding hydrogens is 278 g/mol. The normalized spacial score (nSPS) is 10.3. The van der Waals surface area contributed by atoms with Crippen molar-refractivity contribution in [1.82, 2.24) is 4.98 Å². The van der Waals surface area contributed by atoms with Gasteiger partial charge in [0.05, 0.1) is 16.5 Å². The Hall–Kier alpha value is -2.08. The predicted octanol–water partition coefficient (Wildman–Crippen LogP) is 3.13. The van der Waals surface area contributed by atoms with Crippen molar-refractivity contribution >= 4 is 17.3 Å². The lowest BCUT2D eigenvalue weighted by Crippen LogP contribution is -2.05. The Labute approximate surface area is 120 Å². The lowest BCUT2D eigenvalue weighted by molar-refractivity contribution is 0.0690. The molecule has 0 atom stereocenters. The van der Waals surface area contributed by atoms with Crippen LogP contribution in [0, 0.1) is 6.92 Å². The first-order valence-corrected chi connectivity index (χ1v) is 6.96. The largest absolute Gasteiger partial charge is 0.490 e. The summed E-state index contributed by atoms with van der Waals surface area (Å²) in [5.74, 6) is -0.344. The second kappa shape index (κ2) is 6.38. The quantitative estimate of drug-likeness (QED) is 0.886. The third-order valence-corrected chi connectivity index (χ3v) is 3.42. The molecule has 0 radical (unpaired) electrons. The van der Waals surface area contributed by atoms with E-state index in [1.165, 1.54) is 17.4 Å². The van der Waals surface area contributed by atoms with Crippen LogP contribution in [0.25, 0.3) is 0 Å². The third-order valence-electron chi connectivity index (χ3n) is 2.54. The highest BCUT2D eigenvalue weighted by molar-refractivity contribution is 7.11. The van der Waals surface area contributed by atoms with E-state index in [1.807, 2.05) is 13.8 Å². The first-order chi connectivity index (χ1) is 9.61. The molecule has 1 aromatic heterocycles. The molecule has 0 aliphatic carbocycles. The van der Waals surface area contributed by atoms with Crippen LogP contribution in [0.5, 0.6) is 11.5 Å². The Bertz CT molecular complexity index is 609. The molecule has 1 N–H and O–H groups in total. The van der Waals surface area contributed by atoms with Gasteiger partial charge in [0.15, 0.2) is 11.5 Å². The zero-order chi connectivity index (χ0) is 14.5. The molecule has 6 heteroatoms. The molecule has 1 heterocycles. The number of para-hydroxylation sites is 1. The fourth-order valence-corrected chi connectivity index (χ4v) is 2.43. The molecule has 5 nitrogen and oxygen atoms in total. The zero-order valence-corrected chi connectivity index (χ0v) is 12.1. The van der Waals surface area contributed by atoms with Crippen molar-refractivity contribution in [2.75, 3.05) is 6.61 Å². The van der Waals surface area contributed by atoms with Gasteiger partial charge in [0.2, 0.25) is 0 Å². The number of thiazole rings is 1. The van der Waals surface area contributed by atoms with Gasteiger partial charge in [0.1, 0.15) is 12.2 Å². The molecule has 0 amide bonds. The van der Waals surface area contributed by atoms with E-state index in [9.17, 15) is 9.90 Å². The minimum atomic E-state index is -1.04. The summed E-state index contributed by atoms with van der Waals surface area (Å²) in [7, 11) is 0. The maximum absolute atomic E-state index is 11.2. The van der Waals surface area contributed by atoms with E-state index >= 15 is 0 Å². The van der Waals surface area contributed by atoms with Gasteiger partial charge < -0.3 is 14.6 Å². The van der Waals surface area contributed by atoms with Crippen molar-refractivity contribution in [3.05, 3.63) is 39.8 Å². The van der Waals surface area contributed by atoms with Gasteiger partial charge in [-0.3, -0.25) is 0 Å². The minimum Gasteiger partial charge on any atom is -0.490 e. The van der Waals surface area contributed by atoms with Crippen LogP contribution >= 0.6 is 11.3 Å². The summed E-state index contributed by atoms with van der Waals surface area (Å²) in [5, 5.41) is 10.2. The SMILES string of the molecule is CCOc1cccc(C(=O)O)c1OCc1cnc(C)s1. The molecule has 106 valence electrons. The number of hydrogen-bond acceptors (Lipinski definition) is 5. The molecule has 0 saturated heterocycles. The molecule has 20 heavy (non-hydrogen) atoms. The highest BCUT2D eigenvalue weighted by Crippen LogP contribution is 2.32. The summed E-state index contributed by atoms with van der Waals surface area (Å²) < 4.78 is 11.1. The number of rotatable bonds is 6. The molecule has 0 unspecified atom stereocenters. The Balaban J connectivity index is 2.25. The van der Waals surface area contributed by atoms with Crippen LogP contribution in [0.2, 0.25) is 0 Å². The Morgan fingerprint density at radius 1 is 1.40 bits per heavy atom. The van der Waals surface area contributed by atoms with Gasteiger partial charge >= 0.3 is 5.97 Å². The number of hydrogen-bond donors (Lipinski definition) is 1. The van der Waals surface area contributed by atoms with E-state index in [1.54, 1.807) is 18.3 Å². The van der Waals surface area contributed by atoms with E-state index in [-0.39, 0.29) is 17.9 Å². The fourth-order valence-electron chi connectivity index (χ4n) is 1.72. The molecule has 0 bridgehead atoms. The van der Waals surface area contributed by atoms with Crippen molar-refractivity contribution in [2.24, 2.45) is 0 Å². The molecule has 2 aromatic rings. The standard InChI is InChI=1S/C14H15NO4S/c1-3-18-12-6-4-5-11(14(16)17)13(12)19-8-10-7-15-9(2)20-10/h4-7H,3,8H2,1-2H3,(H,16,17). The van der Waals surface area contributed by atoms with Crippen molar-refractivity contribution in [1.29, 1.82) is 0 Å². The van der Waals surface area contributed by atoms with Crippen LogP contribution in [0.3, 0.4) is 0 Å². The van der Waals surface area contributed by atoms with Gasteiger partial charge in [-0.15, -0.1) is 11.3 Å². The highest BCUT2D eigenvalue weighted by atomic mass is 32.1. The molecule has 0 spiro atoms. The number of aryl methyl sites for hydroxylation is 1. The van der Waals surface area contributed by atoms with Gasteiger partial charge in [0.25, 0.3) is 0 Å². The Morgan fingerprint density at radius 2 is 2.20 bits per heavy atom. The molecule has 1 aromatic carbocycles. The van der Waals surface area contributed by atoms with E-state index in [0.29, 0.717) is 12.4 Å². The number of benzene rings is 1. The fraction of sp³-hybridized carbons (Fsp3) is 0.286. The second-order valence-electron chi connectivity index (χ2n) is 4.01. The number of nitrogens with zero attached hydrogens (tertiary/aromatic N) is 1. The highest BCUT2D eigenvalue weighted by Gasteiger charge is 2.17. The molecular formula is C14H15NO4S. The number of aromatic nitrogens is 1. The summed E-state index contributed by atoms with van der Waals surface area (Å²) in [4.78, 5) is 16.3. The van der Waals surface area contributed by atoms with E-state index in [4.69, 9.17) is 9.47 Å². The Kier molecular flexibility index (Phi) is 4.57. The maximum Gasteiger partial charge on any atom is 0.339 e. The lowest BCUT2D eigenvalue weighted by Gasteiger charge is -2.13. The van der Waals surface area contributed by atoms with Crippen LogP contribution in [0.4, 0.5) is 0 Å². The van der Waals surface area contributed by atoms with Crippen molar-refractivity contribution in [3.8, 4) is 11.5 Å². The van der Waals surface area contributed by atoms with Crippen LogP contribution in [0.15, 0.2) is 24.4 Å². The maximum atomic E-state index is 11.2. The number of carboxylic acid groups (broad SMARTS) is 1. The topological polar surface area (TPSA) is 68.7 Å². The number of carboxylic acids is 1. The van der Waals surface area contributed by atoms with Gasteiger partial charge in [-0.25, -0.2) is 9.78 Å². The molecule has 0 fully saturated rings. The van der Waals surface area contributed by atoms with Crippen molar-refractivity contribution in [3.63, 3.8) is 0 Å². The zero-order valence-electron chi connectivity index (χ0n) is 11.3. The second-order valence-corrected chi connectivity index (χ2v) is 5.32. The first-order valence-electron chi connectivity index (χ1n) is 6.15. The van der Waals surface area contributed by atoms with Gasteiger partial charge in [0, 0.05) is 6.20 Å². The van der Waals surface area contributed by atoms with Crippen LogP contribution < -0.4 is 9.47 Å². The average Bonchev–Trinajstić information content (AvgIpc) is 2.83. The van der Waals surface area contributed by atoms with E-state index in [2.05, 4.69) is 4.98 Å². The predicted molar refractivity (Wildman–Crippen MR) is 75.8 cm³/mol. The van der Waals surface area contributed by atoms with Crippen LogP contribution in [-0.4, -0.2) is 22.7 Å². The molecule has 0 aliphatic rings. The minimum absolute atomic E-state index is 0.0946. The lowest BCUT2D eigenvalue weighted by atomic mass is 10.2. The van der Waals surface area contributed by atoms with Crippen molar-refractivity contribution < 1.29 is 19.4 Å². The summed E-state index contributed by atoms with van der Waals surface area (Å²) in [6, 6.07) is 4.83. The van der Waals surface area contributed by atoms with E-state index in [0.717, 1.165) is 9.88 Å². The number of ether oxygens (including phenoxy) is 2. The average molecular weight is 293 g/mol. The molecule has 2 rings (SSSR count). The van der Waals surface area contributed by atoms with E-state index < -0.39 is 5.97 Å². The molecule has 0 saturated carbocycles. The monoisotopic (exact) mass is 293 g/mol. The third kappa shape index (κ3) is 3.27. The Morgan fingerprint density at radius 3 is 2.80 bits per heavy atom. The smallest absolute Gasteiger partial charge is 0.339 e. The first kappa shape index (κ1) is 14.3. The summed E-state index contributed by atoms with van der Waals surface area (Å²) >= 11 is 1.52. The summed E-state index contributed by atoms with van der Waals surface area (Å²) in [6.07, 6.45) is 1.73. The van der Waals surface area contributed by atoms with Crippen molar-refractivity contribution in [2.45, 2.75) is 20.5 Å².